The summed E-state index contributed by atoms with van der Waals surface area (Å²) >= 11 is 0. The number of carbonyl (C=O) groups is 1. The normalized spacial score (nSPS) is 22.2. The highest BCUT2D eigenvalue weighted by molar-refractivity contribution is 5.97. The minimum absolute atomic E-state index is 0.000644. The van der Waals surface area contributed by atoms with Crippen molar-refractivity contribution < 1.29 is 14.6 Å². The Labute approximate surface area is 155 Å². The first kappa shape index (κ1) is 17.8. The van der Waals surface area contributed by atoms with Gasteiger partial charge in [-0.1, -0.05) is 0 Å². The highest BCUT2D eigenvalue weighted by Crippen LogP contribution is 2.30. The van der Waals surface area contributed by atoms with Crippen LogP contribution in [-0.4, -0.2) is 66.8 Å². The van der Waals surface area contributed by atoms with Gasteiger partial charge in [0.1, 0.15) is 5.75 Å². The molecule has 3 aliphatic rings. The molecular weight excluding hydrogens is 328 g/mol. The average molecular weight is 358 g/mol. The van der Waals surface area contributed by atoms with E-state index in [0.29, 0.717) is 11.5 Å². The van der Waals surface area contributed by atoms with Crippen molar-refractivity contribution in [3.05, 3.63) is 28.8 Å². The van der Waals surface area contributed by atoms with E-state index in [4.69, 9.17) is 4.74 Å². The number of benzene rings is 1. The van der Waals surface area contributed by atoms with Crippen molar-refractivity contribution in [1.82, 2.24) is 9.80 Å². The number of ether oxygens (including phenoxy) is 1. The Balaban J connectivity index is 1.36. The Morgan fingerprint density at radius 1 is 1.04 bits per heavy atom. The fourth-order valence-corrected chi connectivity index (χ4v) is 4.58. The third-order valence-corrected chi connectivity index (χ3v) is 6.21. The van der Waals surface area contributed by atoms with E-state index in [1.165, 1.54) is 24.0 Å². The molecule has 0 spiro atoms. The summed E-state index contributed by atoms with van der Waals surface area (Å²) in [6.07, 6.45) is 6.50. The van der Waals surface area contributed by atoms with Gasteiger partial charge in [0, 0.05) is 32.7 Å². The van der Waals surface area contributed by atoms with Crippen molar-refractivity contribution in [3.8, 4) is 5.75 Å². The van der Waals surface area contributed by atoms with Gasteiger partial charge < -0.3 is 14.7 Å². The summed E-state index contributed by atoms with van der Waals surface area (Å²) in [6, 6.07) is 3.78. The zero-order valence-electron chi connectivity index (χ0n) is 15.6. The summed E-state index contributed by atoms with van der Waals surface area (Å²) < 4.78 is 5.42. The van der Waals surface area contributed by atoms with Gasteiger partial charge in [-0.3, -0.25) is 9.69 Å². The van der Waals surface area contributed by atoms with Crippen LogP contribution >= 0.6 is 0 Å². The first-order chi connectivity index (χ1) is 12.7. The minimum Gasteiger partial charge on any atom is -0.507 e. The van der Waals surface area contributed by atoms with Crippen molar-refractivity contribution in [2.75, 3.05) is 45.9 Å². The molecule has 0 unspecified atom stereocenters. The van der Waals surface area contributed by atoms with Gasteiger partial charge in [0.25, 0.3) is 5.91 Å². The molecule has 2 saturated heterocycles. The molecule has 0 atom stereocenters. The molecule has 142 valence electrons. The number of morpholine rings is 1. The lowest BCUT2D eigenvalue weighted by Crippen LogP contribution is -2.44. The number of rotatable bonds is 3. The molecule has 1 amide bonds. The summed E-state index contributed by atoms with van der Waals surface area (Å²) in [7, 11) is 0. The van der Waals surface area contributed by atoms with Crippen LogP contribution in [0.2, 0.25) is 0 Å². The maximum absolute atomic E-state index is 12.9. The van der Waals surface area contributed by atoms with E-state index in [1.807, 2.05) is 17.0 Å². The molecule has 2 heterocycles. The molecule has 0 saturated carbocycles. The number of aromatic hydroxyl groups is 1. The van der Waals surface area contributed by atoms with Gasteiger partial charge in [0.15, 0.2) is 0 Å². The lowest BCUT2D eigenvalue weighted by molar-refractivity contribution is 0.0242. The van der Waals surface area contributed by atoms with Crippen LogP contribution in [0.25, 0.3) is 0 Å². The van der Waals surface area contributed by atoms with Crippen LogP contribution in [0, 0.1) is 5.92 Å². The summed E-state index contributed by atoms with van der Waals surface area (Å²) in [5, 5.41) is 10.4. The molecule has 5 nitrogen and oxygen atoms in total. The van der Waals surface area contributed by atoms with Gasteiger partial charge >= 0.3 is 0 Å². The summed E-state index contributed by atoms with van der Waals surface area (Å²) in [6.45, 7) is 6.46. The van der Waals surface area contributed by atoms with Crippen LogP contribution in [0.3, 0.4) is 0 Å². The molecule has 1 aromatic rings. The van der Waals surface area contributed by atoms with E-state index in [0.717, 1.165) is 71.6 Å². The van der Waals surface area contributed by atoms with Crippen LogP contribution in [0.15, 0.2) is 12.1 Å². The fraction of sp³-hybridized carbons (Fsp3) is 0.667. The Morgan fingerprint density at radius 3 is 2.38 bits per heavy atom. The van der Waals surface area contributed by atoms with Gasteiger partial charge in [-0.15, -0.1) is 0 Å². The predicted molar refractivity (Wildman–Crippen MR) is 101 cm³/mol. The quantitative estimate of drug-likeness (QED) is 0.902. The number of hydrogen-bond acceptors (Lipinski definition) is 4. The van der Waals surface area contributed by atoms with Crippen LogP contribution in [0.1, 0.15) is 47.2 Å². The van der Waals surface area contributed by atoms with Gasteiger partial charge in [-0.2, -0.15) is 0 Å². The third kappa shape index (κ3) is 3.89. The number of carbonyl (C=O) groups excluding carboxylic acids is 1. The van der Waals surface area contributed by atoms with E-state index in [9.17, 15) is 9.90 Å². The van der Waals surface area contributed by atoms with Crippen molar-refractivity contribution >= 4 is 5.91 Å². The number of fused-ring (bicyclic) bond motifs is 1. The molecular formula is C21H30N2O3. The molecule has 2 aliphatic heterocycles. The Morgan fingerprint density at radius 2 is 1.69 bits per heavy atom. The number of hydrogen-bond donors (Lipinski definition) is 1. The number of phenolic OH excluding ortho intramolecular Hbond substituents is 1. The van der Waals surface area contributed by atoms with E-state index < -0.39 is 0 Å². The molecule has 4 rings (SSSR count). The molecule has 0 radical (unpaired) electrons. The van der Waals surface area contributed by atoms with Crippen LogP contribution in [-0.2, 0) is 17.6 Å². The summed E-state index contributed by atoms with van der Waals surface area (Å²) in [5.74, 6) is 0.820. The van der Waals surface area contributed by atoms with Gasteiger partial charge in [0.05, 0.1) is 18.8 Å². The summed E-state index contributed by atoms with van der Waals surface area (Å²) in [4.78, 5) is 17.4. The molecule has 5 heteroatoms. The molecule has 1 N–H and O–H groups in total. The molecule has 0 aromatic heterocycles. The highest BCUT2D eigenvalue weighted by atomic mass is 16.5. The zero-order valence-corrected chi connectivity index (χ0v) is 15.6. The van der Waals surface area contributed by atoms with Crippen molar-refractivity contribution in [1.29, 1.82) is 0 Å². The second-order valence-corrected chi connectivity index (χ2v) is 7.99. The minimum atomic E-state index is 0.000644. The van der Waals surface area contributed by atoms with E-state index in [2.05, 4.69) is 4.90 Å². The Hall–Kier alpha value is -1.59. The molecule has 1 aliphatic carbocycles. The average Bonchev–Trinajstić information content (AvgIpc) is 2.68. The Kier molecular flexibility index (Phi) is 5.46. The number of phenols is 1. The topological polar surface area (TPSA) is 53.0 Å². The summed E-state index contributed by atoms with van der Waals surface area (Å²) in [5.41, 5.74) is 2.96. The van der Waals surface area contributed by atoms with E-state index in [-0.39, 0.29) is 11.7 Å². The van der Waals surface area contributed by atoms with E-state index >= 15 is 0 Å². The zero-order chi connectivity index (χ0) is 17.9. The first-order valence-corrected chi connectivity index (χ1v) is 10.1. The molecule has 2 fully saturated rings. The second kappa shape index (κ2) is 7.97. The maximum atomic E-state index is 12.9. The molecule has 0 bridgehead atoms. The smallest absolute Gasteiger partial charge is 0.257 e. The number of amides is 1. The van der Waals surface area contributed by atoms with Crippen LogP contribution in [0.4, 0.5) is 0 Å². The number of nitrogens with zero attached hydrogens (tertiary/aromatic N) is 2. The maximum Gasteiger partial charge on any atom is 0.257 e. The number of piperidine rings is 1. The van der Waals surface area contributed by atoms with Gasteiger partial charge in [0.2, 0.25) is 0 Å². The van der Waals surface area contributed by atoms with Crippen LogP contribution in [0.5, 0.6) is 5.75 Å². The fourth-order valence-electron chi connectivity index (χ4n) is 4.58. The highest BCUT2D eigenvalue weighted by Gasteiger charge is 2.27. The SMILES string of the molecule is O=C(c1cc2c(cc1O)CCCC2)N1CCC(CN2CCOCC2)CC1. The second-order valence-electron chi connectivity index (χ2n) is 7.99. The predicted octanol–water partition coefficient (Wildman–Crippen LogP) is 2.46. The van der Waals surface area contributed by atoms with Gasteiger partial charge in [-0.05, 0) is 67.7 Å². The van der Waals surface area contributed by atoms with Crippen molar-refractivity contribution in [3.63, 3.8) is 0 Å². The number of likely N-dealkylation sites (tertiary alicyclic amines) is 1. The van der Waals surface area contributed by atoms with Crippen molar-refractivity contribution in [2.45, 2.75) is 38.5 Å². The van der Waals surface area contributed by atoms with E-state index in [1.54, 1.807) is 0 Å². The standard InChI is InChI=1S/C21H30N2O3/c24-20-14-18-4-2-1-3-17(18)13-19(20)21(25)23-7-5-16(6-8-23)15-22-9-11-26-12-10-22/h13-14,16,24H,1-12,15H2. The first-order valence-electron chi connectivity index (χ1n) is 10.1. The monoisotopic (exact) mass is 358 g/mol. The number of aryl methyl sites for hydroxylation is 2. The lowest BCUT2D eigenvalue weighted by atomic mass is 9.89. The third-order valence-electron chi connectivity index (χ3n) is 6.21. The largest absolute Gasteiger partial charge is 0.507 e. The Bertz CT molecular complexity index is 647. The van der Waals surface area contributed by atoms with Gasteiger partial charge in [-0.25, -0.2) is 0 Å². The molecule has 1 aromatic carbocycles. The molecule has 26 heavy (non-hydrogen) atoms. The van der Waals surface area contributed by atoms with Crippen molar-refractivity contribution in [2.24, 2.45) is 5.92 Å². The lowest BCUT2D eigenvalue weighted by Gasteiger charge is -2.36. The van der Waals surface area contributed by atoms with Crippen LogP contribution < -0.4 is 0 Å².